The minimum atomic E-state index is -1.41. The van der Waals surface area contributed by atoms with E-state index in [1.165, 1.54) is 21.9 Å². The van der Waals surface area contributed by atoms with E-state index in [1.54, 1.807) is 11.3 Å². The second-order valence-corrected chi connectivity index (χ2v) is 12.4. The van der Waals surface area contributed by atoms with Crippen molar-refractivity contribution in [2.45, 2.75) is 6.61 Å². The molecule has 0 aliphatic rings. The maximum Gasteiger partial charge on any atom is 0.195 e. The van der Waals surface area contributed by atoms with Gasteiger partial charge in [-0.05, 0) is 42.0 Å². The van der Waals surface area contributed by atoms with Crippen LogP contribution in [0.3, 0.4) is 0 Å². The summed E-state index contributed by atoms with van der Waals surface area (Å²) in [5.74, 6) is 0.802. The van der Waals surface area contributed by atoms with E-state index in [0.717, 1.165) is 31.5 Å². The SMILES string of the molecule is O=c1c2ccccc2sc2ccc(COCCOc3ccc([B-](c4ccccc4)(c4ccccc4)c4ccccc4)cc3)cc12. The molecule has 1 aromatic heterocycles. The molecule has 7 aromatic rings. The molecular weight excluding hydrogens is 571 g/mol. The Morgan fingerprint density at radius 3 is 1.67 bits per heavy atom. The van der Waals surface area contributed by atoms with Gasteiger partial charge in [0, 0.05) is 20.2 Å². The van der Waals surface area contributed by atoms with Crippen molar-refractivity contribution >= 4 is 59.5 Å². The third-order valence-corrected chi connectivity index (χ3v) is 9.84. The minimum absolute atomic E-state index is 0.0742. The van der Waals surface area contributed by atoms with Gasteiger partial charge < -0.3 is 9.47 Å². The van der Waals surface area contributed by atoms with Gasteiger partial charge in [-0.3, -0.25) is 4.79 Å². The van der Waals surface area contributed by atoms with Gasteiger partial charge >= 0.3 is 0 Å². The summed E-state index contributed by atoms with van der Waals surface area (Å²) in [6, 6.07) is 54.6. The van der Waals surface area contributed by atoms with Crippen molar-refractivity contribution in [3.8, 4) is 5.75 Å². The molecule has 0 fully saturated rings. The first-order chi connectivity index (χ1) is 22.2. The Bertz CT molecular complexity index is 2000. The molecule has 0 saturated heterocycles. The van der Waals surface area contributed by atoms with E-state index in [1.807, 2.05) is 42.5 Å². The lowest BCUT2D eigenvalue weighted by molar-refractivity contribution is 0.0890. The fraction of sp³-hybridized carbons (Fsp3) is 0.0750. The van der Waals surface area contributed by atoms with Crippen LogP contribution < -0.4 is 32.0 Å². The molecule has 0 atom stereocenters. The van der Waals surface area contributed by atoms with Gasteiger partial charge in [-0.2, -0.15) is 21.9 Å². The zero-order chi connectivity index (χ0) is 30.5. The fourth-order valence-corrected chi connectivity index (χ4v) is 7.63. The molecule has 0 unspecified atom stereocenters. The molecule has 3 nitrogen and oxygen atoms in total. The number of rotatable bonds is 10. The van der Waals surface area contributed by atoms with Crippen molar-refractivity contribution in [2.24, 2.45) is 0 Å². The van der Waals surface area contributed by atoms with Gasteiger partial charge in [0.25, 0.3) is 0 Å². The smallest absolute Gasteiger partial charge is 0.195 e. The van der Waals surface area contributed by atoms with Crippen LogP contribution in [0, 0.1) is 0 Å². The molecule has 0 saturated carbocycles. The lowest BCUT2D eigenvalue weighted by Gasteiger charge is -2.44. The van der Waals surface area contributed by atoms with Crippen molar-refractivity contribution in [3.63, 3.8) is 0 Å². The first-order valence-corrected chi connectivity index (χ1v) is 16.1. The summed E-state index contributed by atoms with van der Waals surface area (Å²) in [6.45, 7) is 1.29. The van der Waals surface area contributed by atoms with E-state index in [-0.39, 0.29) is 5.43 Å². The second kappa shape index (κ2) is 13.0. The van der Waals surface area contributed by atoms with Gasteiger partial charge in [0.1, 0.15) is 18.5 Å². The largest absolute Gasteiger partial charge is 0.491 e. The highest BCUT2D eigenvalue weighted by molar-refractivity contribution is 7.24. The topological polar surface area (TPSA) is 35.5 Å². The summed E-state index contributed by atoms with van der Waals surface area (Å²) in [5.41, 5.74) is 6.08. The lowest BCUT2D eigenvalue weighted by Crippen LogP contribution is -2.74. The van der Waals surface area contributed by atoms with E-state index in [0.29, 0.717) is 19.8 Å². The highest BCUT2D eigenvalue weighted by Gasteiger charge is 2.31. The van der Waals surface area contributed by atoms with Gasteiger partial charge in [0.05, 0.1) is 13.2 Å². The van der Waals surface area contributed by atoms with Crippen molar-refractivity contribution < 1.29 is 9.47 Å². The third kappa shape index (κ3) is 5.69. The van der Waals surface area contributed by atoms with Gasteiger partial charge in [-0.1, -0.05) is 121 Å². The van der Waals surface area contributed by atoms with Crippen molar-refractivity contribution in [1.29, 1.82) is 0 Å². The highest BCUT2D eigenvalue weighted by Crippen LogP contribution is 2.25. The second-order valence-electron chi connectivity index (χ2n) is 11.3. The number of hydrogen-bond acceptors (Lipinski definition) is 4. The molecule has 5 heteroatoms. The Labute approximate surface area is 267 Å². The molecule has 1 heterocycles. The average molecular weight is 604 g/mol. The van der Waals surface area contributed by atoms with Crippen molar-refractivity contribution in [1.82, 2.24) is 0 Å². The van der Waals surface area contributed by atoms with Crippen LogP contribution in [0.4, 0.5) is 0 Å². The summed E-state index contributed by atoms with van der Waals surface area (Å²) in [7, 11) is 0. The molecule has 6 aromatic carbocycles. The monoisotopic (exact) mass is 603 g/mol. The first-order valence-electron chi connectivity index (χ1n) is 15.3. The first kappa shape index (κ1) is 28.8. The van der Waals surface area contributed by atoms with Gasteiger partial charge in [0.15, 0.2) is 5.43 Å². The molecule has 220 valence electrons. The predicted octanol–water partition coefficient (Wildman–Crippen LogP) is 6.39. The maximum atomic E-state index is 13.0. The Morgan fingerprint density at radius 2 is 1.04 bits per heavy atom. The quantitative estimate of drug-likeness (QED) is 0.103. The van der Waals surface area contributed by atoms with E-state index in [9.17, 15) is 4.79 Å². The average Bonchev–Trinajstić information content (AvgIpc) is 3.11. The maximum absolute atomic E-state index is 13.0. The molecule has 0 aliphatic carbocycles. The van der Waals surface area contributed by atoms with Crippen LogP contribution in [0.1, 0.15) is 5.56 Å². The molecule has 0 spiro atoms. The number of benzene rings is 6. The summed E-state index contributed by atoms with van der Waals surface area (Å²) in [6.07, 6.45) is -1.41. The van der Waals surface area contributed by atoms with Crippen LogP contribution in [0.25, 0.3) is 20.2 Å². The summed E-state index contributed by atoms with van der Waals surface area (Å²) >= 11 is 1.64. The van der Waals surface area contributed by atoms with Crippen LogP contribution in [0.15, 0.2) is 163 Å². The molecule has 7 rings (SSSR count). The van der Waals surface area contributed by atoms with E-state index >= 15 is 0 Å². The molecule has 0 radical (unpaired) electrons. The van der Waals surface area contributed by atoms with E-state index < -0.39 is 6.15 Å². The molecular formula is C40H32BO3S-. The van der Waals surface area contributed by atoms with Crippen LogP contribution in [0.5, 0.6) is 5.75 Å². The fourth-order valence-electron chi connectivity index (χ4n) is 6.58. The predicted molar refractivity (Wildman–Crippen MR) is 191 cm³/mol. The minimum Gasteiger partial charge on any atom is -0.491 e. The van der Waals surface area contributed by atoms with Crippen LogP contribution in [-0.2, 0) is 11.3 Å². The van der Waals surface area contributed by atoms with E-state index in [4.69, 9.17) is 9.47 Å². The van der Waals surface area contributed by atoms with Crippen LogP contribution in [-0.4, -0.2) is 19.4 Å². The Kier molecular flexibility index (Phi) is 8.28. The zero-order valence-electron chi connectivity index (χ0n) is 24.8. The lowest BCUT2D eigenvalue weighted by atomic mass is 9.13. The van der Waals surface area contributed by atoms with Crippen molar-refractivity contribution in [2.75, 3.05) is 13.2 Å². The number of fused-ring (bicyclic) bond motifs is 2. The molecule has 0 bridgehead atoms. The van der Waals surface area contributed by atoms with Crippen LogP contribution in [0.2, 0.25) is 0 Å². The van der Waals surface area contributed by atoms with Gasteiger partial charge in [-0.15, -0.1) is 11.3 Å². The normalized spacial score (nSPS) is 11.6. The number of ether oxygens (including phenoxy) is 2. The third-order valence-electron chi connectivity index (χ3n) is 8.68. The summed E-state index contributed by atoms with van der Waals surface area (Å²) in [5, 5.41) is 1.51. The van der Waals surface area contributed by atoms with E-state index in [2.05, 4.69) is 115 Å². The molecule has 45 heavy (non-hydrogen) atoms. The van der Waals surface area contributed by atoms with Crippen LogP contribution >= 0.6 is 11.3 Å². The Balaban J connectivity index is 1.07. The standard InChI is InChI=1S/C40H32BO3S/c42-40-36-18-10-11-19-38(36)45-39-25-20-30(28-37(39)40)29-43-26-27-44-35-23-21-34(22-24-35)41(31-12-4-1-5-13-31,32-14-6-2-7-15-32)33-16-8-3-9-17-33/h1-25,28H,26-27,29H2/q-1. The van der Waals surface area contributed by atoms with Gasteiger partial charge in [-0.25, -0.2) is 0 Å². The Morgan fingerprint density at radius 1 is 0.511 bits per heavy atom. The number of hydrogen-bond donors (Lipinski definition) is 0. The van der Waals surface area contributed by atoms with Crippen molar-refractivity contribution in [3.05, 3.63) is 174 Å². The Hall–Kier alpha value is -4.97. The summed E-state index contributed by atoms with van der Waals surface area (Å²) < 4.78 is 14.1. The zero-order valence-corrected chi connectivity index (χ0v) is 25.7. The highest BCUT2D eigenvalue weighted by atomic mass is 32.1. The molecule has 0 amide bonds. The molecule has 0 N–H and O–H groups in total. The summed E-state index contributed by atoms with van der Waals surface area (Å²) in [4.78, 5) is 13.0. The van der Waals surface area contributed by atoms with Gasteiger partial charge in [0.2, 0.25) is 0 Å². The molecule has 0 aliphatic heterocycles.